The third-order valence-electron chi connectivity index (χ3n) is 4.00. The molecule has 2 aromatic rings. The fourth-order valence-electron chi connectivity index (χ4n) is 2.72. The number of halogens is 2. The Balaban J connectivity index is 1.99. The van der Waals surface area contributed by atoms with Crippen molar-refractivity contribution in [2.24, 2.45) is 0 Å². The van der Waals surface area contributed by atoms with E-state index in [0.29, 0.717) is 11.3 Å². The maximum atomic E-state index is 14.3. The Morgan fingerprint density at radius 3 is 2.67 bits per heavy atom. The lowest BCUT2D eigenvalue weighted by Gasteiger charge is -2.13. The molecule has 2 nitrogen and oxygen atoms in total. The van der Waals surface area contributed by atoms with Crippen molar-refractivity contribution in [1.82, 2.24) is 0 Å². The lowest BCUT2D eigenvalue weighted by molar-refractivity contribution is 0.309. The van der Waals surface area contributed by atoms with Gasteiger partial charge in [0.2, 0.25) is 0 Å². The van der Waals surface area contributed by atoms with Crippen molar-refractivity contribution in [2.45, 2.75) is 18.6 Å². The molecule has 2 atom stereocenters. The van der Waals surface area contributed by atoms with Gasteiger partial charge in [-0.05, 0) is 30.2 Å². The van der Waals surface area contributed by atoms with Crippen LogP contribution in [0, 0.1) is 12.7 Å². The molecule has 1 aliphatic heterocycles. The fraction of sp³-hybridized carbons (Fsp3) is 0.294. The molecule has 0 amide bonds. The monoisotopic (exact) mass is 306 g/mol. The van der Waals surface area contributed by atoms with Crippen molar-refractivity contribution in [1.29, 1.82) is 0 Å². The van der Waals surface area contributed by atoms with Gasteiger partial charge in [0, 0.05) is 11.6 Å². The van der Waals surface area contributed by atoms with Gasteiger partial charge in [0.15, 0.2) is 0 Å². The van der Waals surface area contributed by atoms with Gasteiger partial charge in [0.05, 0.1) is 13.0 Å². The van der Waals surface area contributed by atoms with Crippen LogP contribution in [0.2, 0.25) is 0 Å². The van der Waals surface area contributed by atoms with E-state index in [4.69, 9.17) is 21.1 Å². The lowest BCUT2D eigenvalue weighted by atomic mass is 9.91. The quantitative estimate of drug-likeness (QED) is 0.619. The van der Waals surface area contributed by atoms with E-state index in [0.717, 1.165) is 11.1 Å². The van der Waals surface area contributed by atoms with Crippen molar-refractivity contribution in [3.05, 3.63) is 65.0 Å². The average molecular weight is 307 g/mol. The van der Waals surface area contributed by atoms with Gasteiger partial charge in [-0.15, -0.1) is 11.6 Å². The number of hydrogen-bond donors (Lipinski definition) is 0. The Morgan fingerprint density at radius 1 is 1.29 bits per heavy atom. The molecule has 0 saturated carbocycles. The molecule has 0 N–H and O–H groups in total. The summed E-state index contributed by atoms with van der Waals surface area (Å²) in [7, 11) is 1.51. The molecule has 2 aromatic carbocycles. The molecule has 0 aliphatic carbocycles. The van der Waals surface area contributed by atoms with Crippen LogP contribution < -0.4 is 4.74 Å². The normalized spacial score (nSPS) is 23.9. The van der Waals surface area contributed by atoms with Crippen molar-refractivity contribution in [3.8, 4) is 5.75 Å². The third-order valence-corrected chi connectivity index (χ3v) is 4.39. The molecule has 0 bridgehead atoms. The molecule has 110 valence electrons. The van der Waals surface area contributed by atoms with E-state index < -0.39 is 5.60 Å². The van der Waals surface area contributed by atoms with Gasteiger partial charge in [0.25, 0.3) is 0 Å². The number of alkyl halides is 1. The third kappa shape index (κ3) is 2.30. The van der Waals surface area contributed by atoms with Crippen molar-refractivity contribution in [2.75, 3.05) is 13.0 Å². The maximum Gasteiger partial charge on any atom is 0.141 e. The zero-order valence-corrected chi connectivity index (χ0v) is 12.7. The van der Waals surface area contributed by atoms with E-state index >= 15 is 0 Å². The molecule has 0 aromatic heterocycles. The molecule has 4 heteroatoms. The van der Waals surface area contributed by atoms with Crippen LogP contribution in [0.15, 0.2) is 42.5 Å². The van der Waals surface area contributed by atoms with Crippen molar-refractivity contribution < 1.29 is 13.9 Å². The zero-order chi connectivity index (χ0) is 15.0. The van der Waals surface area contributed by atoms with Gasteiger partial charge in [-0.2, -0.15) is 0 Å². The highest BCUT2D eigenvalue weighted by Crippen LogP contribution is 2.58. The van der Waals surface area contributed by atoms with E-state index in [1.165, 1.54) is 13.2 Å². The smallest absolute Gasteiger partial charge is 0.141 e. The van der Waals surface area contributed by atoms with Crippen LogP contribution in [-0.4, -0.2) is 13.0 Å². The van der Waals surface area contributed by atoms with E-state index in [1.807, 2.05) is 31.2 Å². The Bertz CT molecular complexity index is 674. The van der Waals surface area contributed by atoms with Crippen LogP contribution in [0.25, 0.3) is 0 Å². The largest absolute Gasteiger partial charge is 0.497 e. The Morgan fingerprint density at radius 2 is 2.05 bits per heavy atom. The second-order valence-electron chi connectivity index (χ2n) is 5.22. The summed E-state index contributed by atoms with van der Waals surface area (Å²) in [4.78, 5) is 0. The van der Waals surface area contributed by atoms with Crippen LogP contribution in [0.5, 0.6) is 5.75 Å². The van der Waals surface area contributed by atoms with Gasteiger partial charge < -0.3 is 9.47 Å². The SMILES string of the molecule is COc1ccc(C2(CCl)OC2c2ccccc2C)c(F)c1. The summed E-state index contributed by atoms with van der Waals surface area (Å²) in [5, 5.41) is 0. The molecule has 1 fully saturated rings. The van der Waals surface area contributed by atoms with E-state index in [-0.39, 0.29) is 17.8 Å². The summed E-state index contributed by atoms with van der Waals surface area (Å²) >= 11 is 6.11. The standard InChI is InChI=1S/C17H16ClFO2/c1-11-5-3-4-6-13(11)16-17(10-18,21-16)14-8-7-12(20-2)9-15(14)19/h3-9,16H,10H2,1-2H3. The molecule has 1 heterocycles. The Hall–Kier alpha value is -1.58. The first-order valence-corrected chi connectivity index (χ1v) is 7.29. The predicted molar refractivity (Wildman–Crippen MR) is 80.4 cm³/mol. The van der Waals surface area contributed by atoms with Gasteiger partial charge in [-0.1, -0.05) is 24.3 Å². The first kappa shape index (κ1) is 14.4. The minimum Gasteiger partial charge on any atom is -0.497 e. The molecule has 1 saturated heterocycles. The second-order valence-corrected chi connectivity index (χ2v) is 5.49. The first-order chi connectivity index (χ1) is 10.1. The predicted octanol–water partition coefficient (Wildman–Crippen LogP) is 4.35. The van der Waals surface area contributed by atoms with Gasteiger partial charge in [-0.25, -0.2) is 4.39 Å². The summed E-state index contributed by atoms with van der Waals surface area (Å²) in [5.41, 5.74) is 1.85. The van der Waals surface area contributed by atoms with Crippen LogP contribution in [0.1, 0.15) is 22.8 Å². The van der Waals surface area contributed by atoms with Crippen LogP contribution >= 0.6 is 11.6 Å². The fourth-order valence-corrected chi connectivity index (χ4v) is 3.06. The number of rotatable bonds is 4. The highest BCUT2D eigenvalue weighted by atomic mass is 35.5. The number of epoxide rings is 1. The highest BCUT2D eigenvalue weighted by molar-refractivity contribution is 6.18. The average Bonchev–Trinajstić information content (AvgIpc) is 3.23. The molecular weight excluding hydrogens is 291 g/mol. The van der Waals surface area contributed by atoms with E-state index in [2.05, 4.69) is 0 Å². The van der Waals surface area contributed by atoms with Gasteiger partial charge in [0.1, 0.15) is 23.3 Å². The van der Waals surface area contributed by atoms with Crippen LogP contribution in [0.3, 0.4) is 0 Å². The summed E-state index contributed by atoms with van der Waals surface area (Å²) in [6.07, 6.45) is -0.209. The highest BCUT2D eigenvalue weighted by Gasteiger charge is 2.59. The molecule has 0 spiro atoms. The van der Waals surface area contributed by atoms with E-state index in [9.17, 15) is 4.39 Å². The summed E-state index contributed by atoms with van der Waals surface area (Å²) < 4.78 is 25.2. The topological polar surface area (TPSA) is 21.8 Å². The number of aryl methyl sites for hydroxylation is 1. The molecule has 21 heavy (non-hydrogen) atoms. The molecule has 1 aliphatic rings. The molecular formula is C17H16ClFO2. The summed E-state index contributed by atoms with van der Waals surface area (Å²) in [6.45, 7) is 2.01. The number of methoxy groups -OCH3 is 1. The minimum atomic E-state index is -0.788. The van der Waals surface area contributed by atoms with Crippen molar-refractivity contribution >= 4 is 11.6 Å². The Labute approximate surface area is 128 Å². The van der Waals surface area contributed by atoms with Gasteiger partial charge >= 0.3 is 0 Å². The van der Waals surface area contributed by atoms with E-state index in [1.54, 1.807) is 12.1 Å². The maximum absolute atomic E-state index is 14.3. The van der Waals surface area contributed by atoms with Crippen LogP contribution in [-0.2, 0) is 10.3 Å². The number of hydrogen-bond acceptors (Lipinski definition) is 2. The van der Waals surface area contributed by atoms with Crippen LogP contribution in [0.4, 0.5) is 4.39 Å². The minimum absolute atomic E-state index is 0.204. The first-order valence-electron chi connectivity index (χ1n) is 6.75. The number of ether oxygens (including phenoxy) is 2. The summed E-state index contributed by atoms with van der Waals surface area (Å²) in [5.74, 6) is 0.329. The van der Waals surface area contributed by atoms with Gasteiger partial charge in [-0.3, -0.25) is 0 Å². The zero-order valence-electron chi connectivity index (χ0n) is 11.9. The second kappa shape index (κ2) is 5.32. The summed E-state index contributed by atoms with van der Waals surface area (Å²) in [6, 6.07) is 12.7. The molecule has 0 radical (unpaired) electrons. The lowest BCUT2D eigenvalue weighted by Crippen LogP contribution is -2.15. The molecule has 2 unspecified atom stereocenters. The molecule has 3 rings (SSSR count). The van der Waals surface area contributed by atoms with Crippen molar-refractivity contribution in [3.63, 3.8) is 0 Å². The number of benzene rings is 2. The Kier molecular flexibility index (Phi) is 3.64.